The van der Waals surface area contributed by atoms with Crippen LogP contribution in [0.2, 0.25) is 0 Å². The number of nitrogens with one attached hydrogen (secondary N) is 1. The minimum Gasteiger partial charge on any atom is -0.350 e. The lowest BCUT2D eigenvalue weighted by atomic mass is 10.1. The molecule has 0 aliphatic heterocycles. The summed E-state index contributed by atoms with van der Waals surface area (Å²) in [5, 5.41) is 2.89. The zero-order valence-electron chi connectivity index (χ0n) is 21.3. The van der Waals surface area contributed by atoms with Crippen molar-refractivity contribution >= 4 is 27.5 Å². The van der Waals surface area contributed by atoms with Crippen LogP contribution in [0.3, 0.4) is 0 Å². The average molecular weight is 506 g/mol. The predicted molar refractivity (Wildman–Crippen MR) is 137 cm³/mol. The highest BCUT2D eigenvalue weighted by Crippen LogP contribution is 2.20. The van der Waals surface area contributed by atoms with Crippen molar-refractivity contribution in [2.24, 2.45) is 0 Å². The molecular weight excluding hydrogens is 469 g/mol. The molecule has 0 saturated heterocycles. The van der Waals surface area contributed by atoms with Gasteiger partial charge in [-0.1, -0.05) is 29.8 Å². The molecule has 0 aromatic heterocycles. The number of amides is 2. The number of nitrogens with zero attached hydrogens (tertiary/aromatic N) is 2. The van der Waals surface area contributed by atoms with E-state index in [0.29, 0.717) is 11.3 Å². The van der Waals surface area contributed by atoms with E-state index in [1.807, 2.05) is 39.8 Å². The number of carbonyl (C=O) groups is 2. The van der Waals surface area contributed by atoms with Crippen molar-refractivity contribution in [3.05, 3.63) is 65.5 Å². The van der Waals surface area contributed by atoms with Crippen LogP contribution in [0.15, 0.2) is 48.5 Å². The summed E-state index contributed by atoms with van der Waals surface area (Å²) < 4.78 is 39.4. The maximum absolute atomic E-state index is 13.4. The standard InChI is InChI=1S/C26H36FN3O4S/c1-19-9-15-23(16-10-19)30(35(6,33)34)17-7-8-24(31)29(18-21-11-13-22(27)14-12-21)20(2)25(32)28-26(3,4)5/h9-16,20H,7-8,17-18H2,1-6H3,(H,28,32)/t20-/m1/s1. The molecule has 0 heterocycles. The van der Waals surface area contributed by atoms with Crippen LogP contribution in [0, 0.1) is 12.7 Å². The van der Waals surface area contributed by atoms with E-state index in [0.717, 1.165) is 11.8 Å². The van der Waals surface area contributed by atoms with Crippen LogP contribution in [0.5, 0.6) is 0 Å². The number of anilines is 1. The molecule has 0 unspecified atom stereocenters. The quantitative estimate of drug-likeness (QED) is 0.529. The van der Waals surface area contributed by atoms with E-state index in [4.69, 9.17) is 0 Å². The van der Waals surface area contributed by atoms with Crippen molar-refractivity contribution in [1.29, 1.82) is 0 Å². The third-order valence-electron chi connectivity index (χ3n) is 5.41. The van der Waals surface area contributed by atoms with E-state index < -0.39 is 21.6 Å². The van der Waals surface area contributed by atoms with Gasteiger partial charge in [0.25, 0.3) is 0 Å². The summed E-state index contributed by atoms with van der Waals surface area (Å²) in [5.41, 5.74) is 1.76. The first-order valence-electron chi connectivity index (χ1n) is 11.6. The largest absolute Gasteiger partial charge is 0.350 e. The summed E-state index contributed by atoms with van der Waals surface area (Å²) in [5.74, 6) is -0.976. The normalized spacial score (nSPS) is 12.7. The van der Waals surface area contributed by atoms with Gasteiger partial charge in [0.2, 0.25) is 21.8 Å². The van der Waals surface area contributed by atoms with Crippen molar-refractivity contribution in [3.8, 4) is 0 Å². The Balaban J connectivity index is 2.17. The van der Waals surface area contributed by atoms with Gasteiger partial charge in [-0.3, -0.25) is 13.9 Å². The van der Waals surface area contributed by atoms with E-state index in [1.54, 1.807) is 31.2 Å². The summed E-state index contributed by atoms with van der Waals surface area (Å²) in [6.07, 6.45) is 1.45. The van der Waals surface area contributed by atoms with Gasteiger partial charge in [0.1, 0.15) is 11.9 Å². The van der Waals surface area contributed by atoms with Crippen molar-refractivity contribution in [2.75, 3.05) is 17.1 Å². The van der Waals surface area contributed by atoms with E-state index >= 15 is 0 Å². The molecule has 7 nitrogen and oxygen atoms in total. The third-order valence-corrected chi connectivity index (χ3v) is 6.60. The van der Waals surface area contributed by atoms with Gasteiger partial charge in [-0.2, -0.15) is 0 Å². The summed E-state index contributed by atoms with van der Waals surface area (Å²) >= 11 is 0. The van der Waals surface area contributed by atoms with Gasteiger partial charge in [0.05, 0.1) is 11.9 Å². The molecular formula is C26H36FN3O4S. The SMILES string of the molecule is Cc1ccc(N(CCCC(=O)N(Cc2ccc(F)cc2)[C@H](C)C(=O)NC(C)(C)C)S(C)(=O)=O)cc1. The summed E-state index contributed by atoms with van der Waals surface area (Å²) in [4.78, 5) is 27.5. The third kappa shape index (κ3) is 8.98. The van der Waals surface area contributed by atoms with Crippen LogP contribution in [0.25, 0.3) is 0 Å². The molecule has 35 heavy (non-hydrogen) atoms. The van der Waals surface area contributed by atoms with E-state index in [9.17, 15) is 22.4 Å². The Morgan fingerprint density at radius 1 is 1.03 bits per heavy atom. The van der Waals surface area contributed by atoms with Gasteiger partial charge in [0, 0.05) is 25.0 Å². The molecule has 0 fully saturated rings. The number of hydrogen-bond donors (Lipinski definition) is 1. The highest BCUT2D eigenvalue weighted by molar-refractivity contribution is 7.92. The van der Waals surface area contributed by atoms with Gasteiger partial charge in [-0.15, -0.1) is 0 Å². The number of rotatable bonds is 10. The fraction of sp³-hybridized carbons (Fsp3) is 0.462. The Bertz CT molecular complexity index is 1110. The van der Waals surface area contributed by atoms with Crippen LogP contribution >= 0.6 is 0 Å². The molecule has 0 saturated carbocycles. The van der Waals surface area contributed by atoms with Crippen LogP contribution in [0.4, 0.5) is 10.1 Å². The van der Waals surface area contributed by atoms with E-state index in [-0.39, 0.29) is 43.6 Å². The van der Waals surface area contributed by atoms with Gasteiger partial charge in [-0.25, -0.2) is 12.8 Å². The molecule has 192 valence electrons. The van der Waals surface area contributed by atoms with Crippen LogP contribution in [-0.2, 0) is 26.2 Å². The van der Waals surface area contributed by atoms with Gasteiger partial charge < -0.3 is 10.2 Å². The van der Waals surface area contributed by atoms with Crippen LogP contribution in [-0.4, -0.2) is 49.5 Å². The number of carbonyl (C=O) groups excluding carboxylic acids is 2. The fourth-order valence-electron chi connectivity index (χ4n) is 3.56. The Hall–Kier alpha value is -2.94. The van der Waals surface area contributed by atoms with Crippen molar-refractivity contribution in [3.63, 3.8) is 0 Å². The number of hydrogen-bond acceptors (Lipinski definition) is 4. The van der Waals surface area contributed by atoms with Crippen molar-refractivity contribution in [1.82, 2.24) is 10.2 Å². The number of aryl methyl sites for hydroxylation is 1. The second kappa shape index (κ2) is 11.7. The van der Waals surface area contributed by atoms with Gasteiger partial charge in [0.15, 0.2) is 0 Å². The second-order valence-corrected chi connectivity index (χ2v) is 11.7. The van der Waals surface area contributed by atoms with Crippen LogP contribution in [0.1, 0.15) is 51.7 Å². The Labute approximate surface area is 208 Å². The van der Waals surface area contributed by atoms with Gasteiger partial charge in [-0.05, 0) is 70.9 Å². The highest BCUT2D eigenvalue weighted by atomic mass is 32.2. The van der Waals surface area contributed by atoms with E-state index in [2.05, 4.69) is 5.32 Å². The highest BCUT2D eigenvalue weighted by Gasteiger charge is 2.28. The topological polar surface area (TPSA) is 86.8 Å². The Morgan fingerprint density at radius 3 is 2.11 bits per heavy atom. The lowest BCUT2D eigenvalue weighted by Gasteiger charge is -2.32. The molecule has 9 heteroatoms. The van der Waals surface area contributed by atoms with Crippen molar-refractivity contribution in [2.45, 2.75) is 65.6 Å². The Kier molecular flexibility index (Phi) is 9.43. The molecule has 0 radical (unpaired) electrons. The number of sulfonamides is 1. The zero-order chi connectivity index (χ0) is 26.4. The monoisotopic (exact) mass is 505 g/mol. The lowest BCUT2D eigenvalue weighted by molar-refractivity contribution is -0.141. The summed E-state index contributed by atoms with van der Waals surface area (Å²) in [7, 11) is -3.54. The maximum Gasteiger partial charge on any atom is 0.242 e. The molecule has 1 atom stereocenters. The van der Waals surface area contributed by atoms with Gasteiger partial charge >= 0.3 is 0 Å². The number of halogens is 1. The summed E-state index contributed by atoms with van der Waals surface area (Å²) in [6.45, 7) is 9.39. The predicted octanol–water partition coefficient (Wildman–Crippen LogP) is 4.01. The van der Waals surface area contributed by atoms with Crippen LogP contribution < -0.4 is 9.62 Å². The molecule has 0 aliphatic rings. The average Bonchev–Trinajstić information content (AvgIpc) is 2.74. The molecule has 0 aliphatic carbocycles. The maximum atomic E-state index is 13.4. The molecule has 2 aromatic carbocycles. The molecule has 2 rings (SSSR count). The molecule has 1 N–H and O–H groups in total. The first-order valence-corrected chi connectivity index (χ1v) is 13.4. The summed E-state index contributed by atoms with van der Waals surface area (Å²) in [6, 6.07) is 12.1. The fourth-order valence-corrected chi connectivity index (χ4v) is 4.52. The minimum absolute atomic E-state index is 0.0478. The second-order valence-electron chi connectivity index (χ2n) is 9.84. The molecule has 2 aromatic rings. The molecule has 2 amide bonds. The molecule has 0 bridgehead atoms. The smallest absolute Gasteiger partial charge is 0.242 e. The Morgan fingerprint density at radius 2 is 1.60 bits per heavy atom. The zero-order valence-corrected chi connectivity index (χ0v) is 22.2. The first-order chi connectivity index (χ1) is 16.2. The first kappa shape index (κ1) is 28.3. The van der Waals surface area contributed by atoms with Crippen molar-refractivity contribution < 1.29 is 22.4 Å². The minimum atomic E-state index is -3.54. The van der Waals surface area contributed by atoms with E-state index in [1.165, 1.54) is 21.3 Å². The molecule has 0 spiro atoms. The number of benzene rings is 2. The lowest BCUT2D eigenvalue weighted by Crippen LogP contribution is -2.52.